The molecular weight excluding hydrogens is 376 g/mol. The number of carbonyl (C=O) groups excluding carboxylic acids is 1. The summed E-state index contributed by atoms with van der Waals surface area (Å²) >= 11 is 0. The van der Waals surface area contributed by atoms with Gasteiger partial charge in [-0.05, 0) is 72.9 Å². The predicted molar refractivity (Wildman–Crippen MR) is 135 cm³/mol. The van der Waals surface area contributed by atoms with Crippen molar-refractivity contribution in [2.75, 3.05) is 0 Å². The van der Waals surface area contributed by atoms with Crippen molar-refractivity contribution in [1.82, 2.24) is 0 Å². The van der Waals surface area contributed by atoms with Gasteiger partial charge >= 0.3 is 0 Å². The number of hydrogen-bond donors (Lipinski definition) is 0. The van der Waals surface area contributed by atoms with Crippen LogP contribution in [0.5, 0.6) is 0 Å². The van der Waals surface area contributed by atoms with Gasteiger partial charge in [-0.15, -0.1) is 0 Å². The minimum absolute atomic E-state index is 0.256. The largest absolute Gasteiger partial charge is 0.298 e. The molecule has 0 saturated carbocycles. The molecule has 1 aliphatic rings. The van der Waals surface area contributed by atoms with Gasteiger partial charge in [0.15, 0.2) is 6.29 Å². The van der Waals surface area contributed by atoms with Gasteiger partial charge < -0.3 is 0 Å². The topological polar surface area (TPSA) is 17.1 Å². The molecule has 1 heteroatoms. The second-order valence-electron chi connectivity index (χ2n) is 9.28. The number of allylic oxidation sites excluding steroid dienone is 10. The summed E-state index contributed by atoms with van der Waals surface area (Å²) < 4.78 is 0. The molecule has 3 rings (SSSR count). The predicted octanol–water partition coefficient (Wildman–Crippen LogP) is 8.40. The van der Waals surface area contributed by atoms with Crippen molar-refractivity contribution < 1.29 is 4.79 Å². The van der Waals surface area contributed by atoms with Crippen LogP contribution in [0, 0.1) is 5.41 Å². The fourth-order valence-electron chi connectivity index (χ4n) is 4.54. The Bertz CT molecular complexity index is 1110. The Hall–Kier alpha value is -2.93. The van der Waals surface area contributed by atoms with Crippen LogP contribution in [0.1, 0.15) is 59.4 Å². The first kappa shape index (κ1) is 22.7. The van der Waals surface area contributed by atoms with E-state index in [9.17, 15) is 4.79 Å². The van der Waals surface area contributed by atoms with Crippen LogP contribution in [0.15, 0.2) is 95.1 Å². The van der Waals surface area contributed by atoms with Gasteiger partial charge in [0, 0.05) is 5.57 Å². The fourth-order valence-corrected chi connectivity index (χ4v) is 4.54. The summed E-state index contributed by atoms with van der Waals surface area (Å²) in [7, 11) is 0. The molecule has 31 heavy (non-hydrogen) atoms. The molecule has 0 spiro atoms. The molecule has 1 nitrogen and oxygen atoms in total. The molecule has 1 aliphatic carbocycles. The Morgan fingerprint density at radius 3 is 2.48 bits per heavy atom. The number of aldehydes is 1. The molecule has 2 aromatic carbocycles. The standard InChI is InChI=1S/C30H34O/c1-22(18-19-29-24(3)13-10-20-30(29,4)5)11-8-12-23(2)28(21-31)27-17-9-15-25-14-6-7-16-26(25)27/h6-9,11-12,14-19,21H,10,13,20H2,1-5H3. The lowest BCUT2D eigenvalue weighted by atomic mass is 9.72. The van der Waals surface area contributed by atoms with Gasteiger partial charge in [0.05, 0.1) is 0 Å². The molecule has 0 radical (unpaired) electrons. The molecule has 0 atom stereocenters. The molecule has 160 valence electrons. The van der Waals surface area contributed by atoms with Gasteiger partial charge in [-0.3, -0.25) is 4.79 Å². The van der Waals surface area contributed by atoms with Crippen LogP contribution in [0.3, 0.4) is 0 Å². The third-order valence-electron chi connectivity index (χ3n) is 6.38. The van der Waals surface area contributed by atoms with E-state index in [1.165, 1.54) is 36.0 Å². The van der Waals surface area contributed by atoms with Gasteiger partial charge in [-0.1, -0.05) is 97.8 Å². The molecule has 0 fully saturated rings. The maximum Gasteiger partial charge on any atom is 0.150 e. The summed E-state index contributed by atoms with van der Waals surface area (Å²) in [6.07, 6.45) is 15.4. The highest BCUT2D eigenvalue weighted by atomic mass is 16.1. The van der Waals surface area contributed by atoms with Crippen molar-refractivity contribution >= 4 is 22.6 Å². The lowest BCUT2D eigenvalue weighted by molar-refractivity contribution is -0.103. The molecule has 0 unspecified atom stereocenters. The second kappa shape index (κ2) is 9.92. The molecule has 0 amide bonds. The Morgan fingerprint density at radius 1 is 1.00 bits per heavy atom. The molecule has 0 saturated heterocycles. The van der Waals surface area contributed by atoms with Gasteiger partial charge in [0.1, 0.15) is 0 Å². The lowest BCUT2D eigenvalue weighted by Crippen LogP contribution is -2.19. The van der Waals surface area contributed by atoms with E-state index in [-0.39, 0.29) is 5.41 Å². The van der Waals surface area contributed by atoms with E-state index in [0.717, 1.165) is 33.8 Å². The Kier molecular flexibility index (Phi) is 7.28. The zero-order valence-electron chi connectivity index (χ0n) is 19.5. The molecule has 0 N–H and O–H groups in total. The number of benzene rings is 2. The first-order valence-electron chi connectivity index (χ1n) is 11.2. The van der Waals surface area contributed by atoms with Crippen molar-refractivity contribution in [3.05, 3.63) is 101 Å². The molecule has 0 aromatic heterocycles. The van der Waals surface area contributed by atoms with E-state index >= 15 is 0 Å². The molecular formula is C30H34O. The van der Waals surface area contributed by atoms with Crippen LogP contribution < -0.4 is 0 Å². The normalized spacial score (nSPS) is 18.2. The number of fused-ring (bicyclic) bond motifs is 1. The first-order valence-corrected chi connectivity index (χ1v) is 11.2. The van der Waals surface area contributed by atoms with Crippen LogP contribution in [0.2, 0.25) is 0 Å². The van der Waals surface area contributed by atoms with Gasteiger partial charge in [0.2, 0.25) is 0 Å². The third-order valence-corrected chi connectivity index (χ3v) is 6.38. The highest BCUT2D eigenvalue weighted by molar-refractivity contribution is 6.14. The summed E-state index contributed by atoms with van der Waals surface area (Å²) in [5.41, 5.74) is 7.13. The van der Waals surface area contributed by atoms with Crippen LogP contribution in [-0.2, 0) is 4.79 Å². The maximum atomic E-state index is 11.9. The second-order valence-corrected chi connectivity index (χ2v) is 9.28. The van der Waals surface area contributed by atoms with Crippen LogP contribution in [0.4, 0.5) is 0 Å². The van der Waals surface area contributed by atoms with E-state index in [2.05, 4.69) is 64.1 Å². The quantitative estimate of drug-likeness (QED) is 0.265. The van der Waals surface area contributed by atoms with E-state index < -0.39 is 0 Å². The fraction of sp³-hybridized carbons (Fsp3) is 0.300. The number of hydrogen-bond acceptors (Lipinski definition) is 1. The Balaban J connectivity index is 1.83. The zero-order valence-corrected chi connectivity index (χ0v) is 19.5. The van der Waals surface area contributed by atoms with Crippen molar-refractivity contribution in [2.45, 2.75) is 53.9 Å². The minimum Gasteiger partial charge on any atom is -0.298 e. The molecule has 0 heterocycles. The van der Waals surface area contributed by atoms with Crippen molar-refractivity contribution in [1.29, 1.82) is 0 Å². The minimum atomic E-state index is 0.256. The monoisotopic (exact) mass is 410 g/mol. The van der Waals surface area contributed by atoms with Crippen molar-refractivity contribution in [3.63, 3.8) is 0 Å². The third kappa shape index (κ3) is 5.41. The van der Waals surface area contributed by atoms with Crippen molar-refractivity contribution in [3.8, 4) is 0 Å². The zero-order chi connectivity index (χ0) is 22.4. The van der Waals surface area contributed by atoms with Gasteiger partial charge in [0.25, 0.3) is 0 Å². The van der Waals surface area contributed by atoms with E-state index in [4.69, 9.17) is 0 Å². The highest BCUT2D eigenvalue weighted by Gasteiger charge is 2.26. The smallest absolute Gasteiger partial charge is 0.150 e. The van der Waals surface area contributed by atoms with E-state index in [1.54, 1.807) is 0 Å². The highest BCUT2D eigenvalue weighted by Crippen LogP contribution is 2.40. The SMILES string of the molecule is CC(C=CC1=C(C)CCCC1(C)C)=CC=CC(C)=C(C=O)c1cccc2ccccc12. The summed E-state index contributed by atoms with van der Waals surface area (Å²) in [6.45, 7) is 11.1. The maximum absolute atomic E-state index is 11.9. The average Bonchev–Trinajstić information content (AvgIpc) is 2.73. The van der Waals surface area contributed by atoms with Crippen molar-refractivity contribution in [2.24, 2.45) is 5.41 Å². The van der Waals surface area contributed by atoms with Gasteiger partial charge in [-0.2, -0.15) is 0 Å². The van der Waals surface area contributed by atoms with E-state index in [1.807, 2.05) is 43.3 Å². The molecule has 0 aliphatic heterocycles. The van der Waals surface area contributed by atoms with Crippen LogP contribution >= 0.6 is 0 Å². The van der Waals surface area contributed by atoms with Crippen LogP contribution in [-0.4, -0.2) is 6.29 Å². The first-order chi connectivity index (χ1) is 14.8. The summed E-state index contributed by atoms with van der Waals surface area (Å²) in [6, 6.07) is 14.3. The number of rotatable bonds is 6. The molecule has 0 bridgehead atoms. The van der Waals surface area contributed by atoms with Gasteiger partial charge in [-0.25, -0.2) is 0 Å². The summed E-state index contributed by atoms with van der Waals surface area (Å²) in [5.74, 6) is 0. The van der Waals surface area contributed by atoms with E-state index in [0.29, 0.717) is 0 Å². The Morgan fingerprint density at radius 2 is 1.74 bits per heavy atom. The van der Waals surface area contributed by atoms with Crippen LogP contribution in [0.25, 0.3) is 16.3 Å². The summed E-state index contributed by atoms with van der Waals surface area (Å²) in [5, 5.41) is 2.25. The Labute approximate surface area is 187 Å². The average molecular weight is 411 g/mol. The number of carbonyl (C=O) groups is 1. The lowest BCUT2D eigenvalue weighted by Gasteiger charge is -2.32. The summed E-state index contributed by atoms with van der Waals surface area (Å²) in [4.78, 5) is 11.9. The molecule has 2 aromatic rings.